The SMILES string of the molecule is CCCNCc1ccc(Sc2ncco2)c(Br)c1. The third kappa shape index (κ3) is 3.86. The van der Waals surface area contributed by atoms with Crippen LogP contribution < -0.4 is 5.32 Å². The lowest BCUT2D eigenvalue weighted by molar-refractivity contribution is 0.454. The normalized spacial score (nSPS) is 10.8. The van der Waals surface area contributed by atoms with Crippen molar-refractivity contribution in [2.45, 2.75) is 30.0 Å². The number of rotatable bonds is 6. The summed E-state index contributed by atoms with van der Waals surface area (Å²) < 4.78 is 6.29. The van der Waals surface area contributed by atoms with Gasteiger partial charge >= 0.3 is 0 Å². The van der Waals surface area contributed by atoms with Crippen LogP contribution in [0.2, 0.25) is 0 Å². The van der Waals surface area contributed by atoms with Gasteiger partial charge in [-0.05, 0) is 58.4 Å². The van der Waals surface area contributed by atoms with Crippen LogP contribution in [0.15, 0.2) is 49.7 Å². The van der Waals surface area contributed by atoms with Gasteiger partial charge in [0.05, 0.1) is 6.20 Å². The molecule has 0 atom stereocenters. The summed E-state index contributed by atoms with van der Waals surface area (Å²) in [5.74, 6) is 0. The van der Waals surface area contributed by atoms with E-state index < -0.39 is 0 Å². The first-order chi connectivity index (χ1) is 8.79. The Morgan fingerprint density at radius 3 is 3.00 bits per heavy atom. The first kappa shape index (κ1) is 13.6. The molecule has 1 heterocycles. The highest BCUT2D eigenvalue weighted by Gasteiger charge is 2.06. The van der Waals surface area contributed by atoms with Gasteiger partial charge in [0.2, 0.25) is 0 Å². The number of hydrogen-bond donors (Lipinski definition) is 1. The van der Waals surface area contributed by atoms with E-state index in [1.54, 1.807) is 12.5 Å². The second-order valence-corrected chi connectivity index (χ2v) is 5.69. The van der Waals surface area contributed by atoms with Crippen molar-refractivity contribution in [1.29, 1.82) is 0 Å². The molecule has 0 radical (unpaired) electrons. The molecular weight excluding hydrogens is 312 g/mol. The Morgan fingerprint density at radius 1 is 1.44 bits per heavy atom. The Bertz CT molecular complexity index is 488. The fourth-order valence-electron chi connectivity index (χ4n) is 1.50. The molecule has 0 aliphatic heterocycles. The van der Waals surface area contributed by atoms with E-state index >= 15 is 0 Å². The molecule has 1 N–H and O–H groups in total. The van der Waals surface area contributed by atoms with E-state index in [0.717, 1.165) is 28.9 Å². The molecule has 2 rings (SSSR count). The van der Waals surface area contributed by atoms with Gasteiger partial charge in [-0.25, -0.2) is 4.98 Å². The summed E-state index contributed by atoms with van der Waals surface area (Å²) in [7, 11) is 0. The Morgan fingerprint density at radius 2 is 2.33 bits per heavy atom. The molecule has 0 aliphatic rings. The molecule has 0 saturated carbocycles. The maximum atomic E-state index is 5.22. The first-order valence-corrected chi connectivity index (χ1v) is 7.47. The molecule has 5 heteroatoms. The molecule has 96 valence electrons. The van der Waals surface area contributed by atoms with Crippen LogP contribution in [-0.4, -0.2) is 11.5 Å². The minimum atomic E-state index is 0.660. The standard InChI is InChI=1S/C13H15BrN2OS/c1-2-5-15-9-10-3-4-12(11(14)8-10)18-13-16-6-7-17-13/h3-4,6-8,15H,2,5,9H2,1H3. The van der Waals surface area contributed by atoms with Crippen LogP contribution in [-0.2, 0) is 6.54 Å². The Balaban J connectivity index is 2.01. The number of nitrogens with one attached hydrogen (secondary N) is 1. The minimum Gasteiger partial charge on any atom is -0.440 e. The zero-order valence-corrected chi connectivity index (χ0v) is 12.6. The first-order valence-electron chi connectivity index (χ1n) is 5.86. The van der Waals surface area contributed by atoms with Crippen molar-refractivity contribution in [3.8, 4) is 0 Å². The van der Waals surface area contributed by atoms with Gasteiger partial charge in [-0.15, -0.1) is 0 Å². The van der Waals surface area contributed by atoms with Gasteiger partial charge in [-0.2, -0.15) is 0 Å². The minimum absolute atomic E-state index is 0.660. The predicted molar refractivity (Wildman–Crippen MR) is 76.8 cm³/mol. The highest BCUT2D eigenvalue weighted by Crippen LogP contribution is 2.33. The van der Waals surface area contributed by atoms with Gasteiger partial charge in [0.1, 0.15) is 6.26 Å². The lowest BCUT2D eigenvalue weighted by Gasteiger charge is -2.06. The summed E-state index contributed by atoms with van der Waals surface area (Å²) in [6.45, 7) is 4.11. The Hall–Kier alpha value is -0.780. The Kier molecular flexibility index (Phi) is 5.28. The summed E-state index contributed by atoms with van der Waals surface area (Å²) in [5, 5.41) is 4.04. The molecule has 1 aromatic heterocycles. The highest BCUT2D eigenvalue weighted by atomic mass is 79.9. The van der Waals surface area contributed by atoms with Crippen LogP contribution in [0.1, 0.15) is 18.9 Å². The van der Waals surface area contributed by atoms with E-state index in [1.807, 2.05) is 0 Å². The molecule has 3 nitrogen and oxygen atoms in total. The van der Waals surface area contributed by atoms with Gasteiger partial charge < -0.3 is 9.73 Å². The molecule has 0 aliphatic carbocycles. The average molecular weight is 327 g/mol. The van der Waals surface area contributed by atoms with Crippen LogP contribution in [0.25, 0.3) is 0 Å². The molecule has 0 bridgehead atoms. The van der Waals surface area contributed by atoms with Crippen LogP contribution in [0.5, 0.6) is 0 Å². The number of aromatic nitrogens is 1. The number of halogens is 1. The van der Waals surface area contributed by atoms with Crippen molar-refractivity contribution < 1.29 is 4.42 Å². The smallest absolute Gasteiger partial charge is 0.260 e. The van der Waals surface area contributed by atoms with E-state index in [1.165, 1.54) is 17.3 Å². The lowest BCUT2D eigenvalue weighted by atomic mass is 10.2. The quantitative estimate of drug-likeness (QED) is 0.811. The zero-order valence-electron chi connectivity index (χ0n) is 10.1. The van der Waals surface area contributed by atoms with Crippen molar-refractivity contribution in [1.82, 2.24) is 10.3 Å². The number of nitrogens with zero attached hydrogens (tertiary/aromatic N) is 1. The topological polar surface area (TPSA) is 38.1 Å². The summed E-state index contributed by atoms with van der Waals surface area (Å²) in [6.07, 6.45) is 4.39. The summed E-state index contributed by atoms with van der Waals surface area (Å²) in [4.78, 5) is 5.21. The summed E-state index contributed by atoms with van der Waals surface area (Å²) in [6, 6.07) is 6.34. The molecule has 1 aromatic carbocycles. The summed E-state index contributed by atoms with van der Waals surface area (Å²) >= 11 is 5.10. The second-order valence-electron chi connectivity index (χ2n) is 3.84. The van der Waals surface area contributed by atoms with E-state index in [0.29, 0.717) is 5.22 Å². The molecule has 0 unspecified atom stereocenters. The second kappa shape index (κ2) is 6.97. The molecular formula is C13H15BrN2OS. The van der Waals surface area contributed by atoms with E-state index in [4.69, 9.17) is 4.42 Å². The third-order valence-electron chi connectivity index (χ3n) is 2.36. The number of oxazole rings is 1. The fraction of sp³-hybridized carbons (Fsp3) is 0.308. The van der Waals surface area contributed by atoms with Gasteiger partial charge in [-0.3, -0.25) is 0 Å². The monoisotopic (exact) mass is 326 g/mol. The summed E-state index contributed by atoms with van der Waals surface area (Å²) in [5.41, 5.74) is 1.27. The zero-order chi connectivity index (χ0) is 12.8. The molecule has 0 spiro atoms. The van der Waals surface area contributed by atoms with Gasteiger partial charge in [0.25, 0.3) is 5.22 Å². The van der Waals surface area contributed by atoms with Crippen molar-refractivity contribution in [3.05, 3.63) is 40.7 Å². The highest BCUT2D eigenvalue weighted by molar-refractivity contribution is 9.10. The number of benzene rings is 1. The van der Waals surface area contributed by atoms with Crippen molar-refractivity contribution in [2.75, 3.05) is 6.54 Å². The molecule has 2 aromatic rings. The van der Waals surface area contributed by atoms with Crippen LogP contribution in [0.3, 0.4) is 0 Å². The molecule has 0 fully saturated rings. The molecule has 18 heavy (non-hydrogen) atoms. The van der Waals surface area contributed by atoms with E-state index in [9.17, 15) is 0 Å². The fourth-order valence-corrected chi connectivity index (χ4v) is 2.87. The number of hydrogen-bond acceptors (Lipinski definition) is 4. The van der Waals surface area contributed by atoms with Crippen molar-refractivity contribution >= 4 is 27.7 Å². The predicted octanol–water partition coefficient (Wildman–Crippen LogP) is 4.09. The van der Waals surface area contributed by atoms with Crippen LogP contribution in [0, 0.1) is 0 Å². The largest absolute Gasteiger partial charge is 0.440 e. The van der Waals surface area contributed by atoms with Crippen molar-refractivity contribution in [2.24, 2.45) is 0 Å². The van der Waals surface area contributed by atoms with Crippen LogP contribution >= 0.6 is 27.7 Å². The average Bonchev–Trinajstić information content (AvgIpc) is 2.86. The van der Waals surface area contributed by atoms with Gasteiger partial charge in [0.15, 0.2) is 0 Å². The lowest BCUT2D eigenvalue weighted by Crippen LogP contribution is -2.13. The van der Waals surface area contributed by atoms with E-state index in [-0.39, 0.29) is 0 Å². The van der Waals surface area contributed by atoms with E-state index in [2.05, 4.69) is 51.4 Å². The van der Waals surface area contributed by atoms with Gasteiger partial charge in [0, 0.05) is 15.9 Å². The molecule has 0 amide bonds. The maximum Gasteiger partial charge on any atom is 0.260 e. The van der Waals surface area contributed by atoms with Crippen molar-refractivity contribution in [3.63, 3.8) is 0 Å². The molecule has 0 saturated heterocycles. The maximum absolute atomic E-state index is 5.22. The third-order valence-corrected chi connectivity index (χ3v) is 4.23. The Labute approximate surface area is 120 Å². The van der Waals surface area contributed by atoms with Gasteiger partial charge in [-0.1, -0.05) is 13.0 Å². The van der Waals surface area contributed by atoms with Crippen LogP contribution in [0.4, 0.5) is 0 Å².